The molecule has 4 heteroatoms. The van der Waals surface area contributed by atoms with Gasteiger partial charge in [0.2, 0.25) is 0 Å². The molecule has 0 spiro atoms. The minimum Gasteiger partial charge on any atom is -0.399 e. The van der Waals surface area contributed by atoms with Crippen LogP contribution in [-0.4, -0.2) is 5.75 Å². The lowest BCUT2D eigenvalue weighted by Crippen LogP contribution is -2.08. The van der Waals surface area contributed by atoms with Gasteiger partial charge in [-0.1, -0.05) is 0 Å². The molecular formula is C12H15FN2S. The van der Waals surface area contributed by atoms with Gasteiger partial charge in [0.15, 0.2) is 0 Å². The molecule has 0 unspecified atom stereocenters. The number of anilines is 1. The summed E-state index contributed by atoms with van der Waals surface area (Å²) in [4.78, 5) is 0.586. The first-order valence-electron chi connectivity index (χ1n) is 5.04. The van der Waals surface area contributed by atoms with E-state index in [0.717, 1.165) is 12.2 Å². The Morgan fingerprint density at radius 1 is 1.50 bits per heavy atom. The third kappa shape index (κ3) is 3.74. The van der Waals surface area contributed by atoms with Gasteiger partial charge in [-0.25, -0.2) is 4.39 Å². The van der Waals surface area contributed by atoms with E-state index in [1.807, 2.05) is 13.8 Å². The quantitative estimate of drug-likeness (QED) is 0.645. The van der Waals surface area contributed by atoms with Crippen LogP contribution in [0, 0.1) is 22.6 Å². The molecule has 0 fully saturated rings. The third-order valence-corrected chi connectivity index (χ3v) is 3.29. The highest BCUT2D eigenvalue weighted by Gasteiger charge is 2.16. The molecule has 0 saturated heterocycles. The molecule has 0 aliphatic rings. The standard InChI is InChI=1S/C12H15FN2S/c1-12(2,8-14)5-6-16-11-4-3-9(15)7-10(11)13/h3-4,7H,5-6,15H2,1-2H3. The summed E-state index contributed by atoms with van der Waals surface area (Å²) in [6, 6.07) is 6.90. The van der Waals surface area contributed by atoms with Gasteiger partial charge in [0.1, 0.15) is 5.82 Å². The van der Waals surface area contributed by atoms with Crippen LogP contribution in [0.5, 0.6) is 0 Å². The number of hydrogen-bond acceptors (Lipinski definition) is 3. The van der Waals surface area contributed by atoms with E-state index in [1.54, 1.807) is 12.1 Å². The summed E-state index contributed by atoms with van der Waals surface area (Å²) >= 11 is 1.42. The first-order chi connectivity index (χ1) is 7.44. The number of benzene rings is 1. The van der Waals surface area contributed by atoms with Crippen LogP contribution in [0.25, 0.3) is 0 Å². The van der Waals surface area contributed by atoms with Crippen molar-refractivity contribution < 1.29 is 4.39 Å². The number of hydrogen-bond donors (Lipinski definition) is 1. The molecule has 0 aliphatic carbocycles. The molecule has 2 nitrogen and oxygen atoms in total. The minimum absolute atomic E-state index is 0.292. The summed E-state index contributed by atoms with van der Waals surface area (Å²) in [6.07, 6.45) is 0.734. The Morgan fingerprint density at radius 3 is 2.75 bits per heavy atom. The van der Waals surface area contributed by atoms with Crippen LogP contribution < -0.4 is 5.73 Å². The van der Waals surface area contributed by atoms with E-state index in [-0.39, 0.29) is 11.2 Å². The monoisotopic (exact) mass is 238 g/mol. The zero-order chi connectivity index (χ0) is 12.2. The van der Waals surface area contributed by atoms with Gasteiger partial charge in [0.05, 0.1) is 11.5 Å². The second-order valence-corrected chi connectivity index (χ2v) is 5.42. The summed E-state index contributed by atoms with van der Waals surface area (Å²) in [5.41, 5.74) is 5.53. The van der Waals surface area contributed by atoms with Crippen LogP contribution in [0.2, 0.25) is 0 Å². The van der Waals surface area contributed by atoms with E-state index < -0.39 is 0 Å². The van der Waals surface area contributed by atoms with E-state index in [4.69, 9.17) is 11.0 Å². The fraction of sp³-hybridized carbons (Fsp3) is 0.417. The van der Waals surface area contributed by atoms with Crippen LogP contribution in [-0.2, 0) is 0 Å². The Labute approximate surface area is 99.6 Å². The minimum atomic E-state index is -0.350. The second kappa shape index (κ2) is 5.22. The van der Waals surface area contributed by atoms with Gasteiger partial charge in [-0.05, 0) is 44.2 Å². The van der Waals surface area contributed by atoms with E-state index in [0.29, 0.717) is 10.6 Å². The topological polar surface area (TPSA) is 49.8 Å². The summed E-state index contributed by atoms with van der Waals surface area (Å²) in [5.74, 6) is 0.432. The second-order valence-electron chi connectivity index (χ2n) is 4.28. The third-order valence-electron chi connectivity index (χ3n) is 2.24. The van der Waals surface area contributed by atoms with E-state index in [9.17, 15) is 4.39 Å². The van der Waals surface area contributed by atoms with Gasteiger partial charge < -0.3 is 5.73 Å². The molecule has 1 aromatic carbocycles. The van der Waals surface area contributed by atoms with Crippen molar-refractivity contribution in [2.75, 3.05) is 11.5 Å². The maximum absolute atomic E-state index is 13.4. The van der Waals surface area contributed by atoms with Crippen LogP contribution in [0.1, 0.15) is 20.3 Å². The normalized spacial score (nSPS) is 11.1. The van der Waals surface area contributed by atoms with Crippen molar-refractivity contribution in [3.05, 3.63) is 24.0 Å². The van der Waals surface area contributed by atoms with Gasteiger partial charge >= 0.3 is 0 Å². The molecule has 0 bridgehead atoms. The van der Waals surface area contributed by atoms with Crippen molar-refractivity contribution in [1.82, 2.24) is 0 Å². The van der Waals surface area contributed by atoms with Crippen LogP contribution in [0.3, 0.4) is 0 Å². The highest BCUT2D eigenvalue weighted by molar-refractivity contribution is 7.99. The molecule has 0 radical (unpaired) electrons. The van der Waals surface area contributed by atoms with Crippen molar-refractivity contribution in [2.24, 2.45) is 5.41 Å². The SMILES string of the molecule is CC(C)(C#N)CCSc1ccc(N)cc1F. The van der Waals surface area contributed by atoms with Crippen LogP contribution in [0.15, 0.2) is 23.1 Å². The number of thioether (sulfide) groups is 1. The number of rotatable bonds is 4. The average Bonchev–Trinajstić information content (AvgIpc) is 2.21. The molecule has 16 heavy (non-hydrogen) atoms. The molecule has 0 amide bonds. The molecule has 1 rings (SSSR count). The largest absolute Gasteiger partial charge is 0.399 e. The summed E-state index contributed by atoms with van der Waals surface area (Å²) in [7, 11) is 0. The first-order valence-corrected chi connectivity index (χ1v) is 6.02. The Hall–Kier alpha value is -1.21. The predicted octanol–water partition coefficient (Wildman–Crippen LogP) is 3.44. The molecule has 0 aromatic heterocycles. The summed E-state index contributed by atoms with van der Waals surface area (Å²) in [5, 5.41) is 8.83. The number of nitrogen functional groups attached to an aromatic ring is 1. The highest BCUT2D eigenvalue weighted by atomic mass is 32.2. The Bertz CT molecular complexity index is 410. The first kappa shape index (κ1) is 12.9. The summed E-state index contributed by atoms with van der Waals surface area (Å²) < 4.78 is 13.4. The smallest absolute Gasteiger partial charge is 0.138 e. The van der Waals surface area contributed by atoms with Crippen molar-refractivity contribution in [2.45, 2.75) is 25.2 Å². The maximum Gasteiger partial charge on any atom is 0.138 e. The van der Waals surface area contributed by atoms with E-state index in [2.05, 4.69) is 6.07 Å². The lowest BCUT2D eigenvalue weighted by Gasteiger charge is -2.14. The van der Waals surface area contributed by atoms with Gasteiger partial charge in [0.25, 0.3) is 0 Å². The predicted molar refractivity (Wildman–Crippen MR) is 65.5 cm³/mol. The Kier molecular flexibility index (Phi) is 4.19. The molecule has 0 aliphatic heterocycles. The lowest BCUT2D eigenvalue weighted by atomic mass is 9.93. The molecule has 0 saturated carbocycles. The number of nitriles is 1. The van der Waals surface area contributed by atoms with Gasteiger partial charge in [-0.15, -0.1) is 11.8 Å². The van der Waals surface area contributed by atoms with Gasteiger partial charge in [-0.2, -0.15) is 5.26 Å². The lowest BCUT2D eigenvalue weighted by molar-refractivity contribution is 0.482. The van der Waals surface area contributed by atoms with Crippen molar-refractivity contribution in [3.8, 4) is 6.07 Å². The molecule has 86 valence electrons. The van der Waals surface area contributed by atoms with E-state index in [1.165, 1.54) is 17.8 Å². The fourth-order valence-corrected chi connectivity index (χ4v) is 2.30. The zero-order valence-electron chi connectivity index (χ0n) is 9.46. The number of nitrogens with zero attached hydrogens (tertiary/aromatic N) is 1. The number of halogens is 1. The molecule has 2 N–H and O–H groups in total. The van der Waals surface area contributed by atoms with Gasteiger partial charge in [0, 0.05) is 10.6 Å². The van der Waals surface area contributed by atoms with Gasteiger partial charge in [-0.3, -0.25) is 0 Å². The molecule has 0 heterocycles. The van der Waals surface area contributed by atoms with Crippen LogP contribution >= 0.6 is 11.8 Å². The molecular weight excluding hydrogens is 223 g/mol. The Balaban J connectivity index is 2.53. The van der Waals surface area contributed by atoms with Crippen molar-refractivity contribution >= 4 is 17.4 Å². The highest BCUT2D eigenvalue weighted by Crippen LogP contribution is 2.28. The Morgan fingerprint density at radius 2 is 2.19 bits per heavy atom. The number of nitrogens with two attached hydrogens (primary N) is 1. The van der Waals surface area contributed by atoms with Crippen LogP contribution in [0.4, 0.5) is 10.1 Å². The zero-order valence-corrected chi connectivity index (χ0v) is 10.3. The fourth-order valence-electron chi connectivity index (χ4n) is 1.11. The van der Waals surface area contributed by atoms with Crippen molar-refractivity contribution in [1.29, 1.82) is 5.26 Å². The van der Waals surface area contributed by atoms with Crippen molar-refractivity contribution in [3.63, 3.8) is 0 Å². The molecule has 0 atom stereocenters. The summed E-state index contributed by atoms with van der Waals surface area (Å²) in [6.45, 7) is 3.76. The molecule has 1 aromatic rings. The van der Waals surface area contributed by atoms with E-state index >= 15 is 0 Å². The average molecular weight is 238 g/mol. The maximum atomic E-state index is 13.4.